The molecule has 0 atom stereocenters. The second-order valence-electron chi connectivity index (χ2n) is 3.29. The van der Waals surface area contributed by atoms with Gasteiger partial charge in [-0.1, -0.05) is 29.3 Å². The lowest BCUT2D eigenvalue weighted by Crippen LogP contribution is -2.09. The highest BCUT2D eigenvalue weighted by Gasteiger charge is 2.17. The maximum Gasteiger partial charge on any atom is 0.229 e. The number of imidazole rings is 1. The molecule has 1 heterocycles. The van der Waals surface area contributed by atoms with E-state index in [1.165, 1.54) is 0 Å². The number of hydrogen-bond donors (Lipinski definition) is 0. The summed E-state index contributed by atoms with van der Waals surface area (Å²) in [6, 6.07) is 4.95. The van der Waals surface area contributed by atoms with E-state index in [0.29, 0.717) is 16.4 Å². The fourth-order valence-electron chi connectivity index (χ4n) is 1.38. The molecule has 0 unspecified atom stereocenters. The van der Waals surface area contributed by atoms with Crippen LogP contribution in [0.3, 0.4) is 0 Å². The quantitative estimate of drug-likeness (QED) is 0.773. The summed E-state index contributed by atoms with van der Waals surface area (Å²) < 4.78 is 1.64. The Hall–Kier alpha value is -1.32. The zero-order valence-corrected chi connectivity index (χ0v) is 9.96. The third-order valence-electron chi connectivity index (χ3n) is 2.22. The molecule has 0 N–H and O–H groups in total. The van der Waals surface area contributed by atoms with Gasteiger partial charge in [0.05, 0.1) is 10.0 Å². The van der Waals surface area contributed by atoms with Gasteiger partial charge >= 0.3 is 0 Å². The molecule has 0 aliphatic heterocycles. The number of rotatable bonds is 2. The molecule has 0 aliphatic carbocycles. The van der Waals surface area contributed by atoms with Crippen molar-refractivity contribution in [1.29, 1.82) is 0 Å². The van der Waals surface area contributed by atoms with Crippen LogP contribution in [0, 0.1) is 0 Å². The number of benzene rings is 1. The first-order chi connectivity index (χ1) is 7.61. The molecule has 16 heavy (non-hydrogen) atoms. The van der Waals surface area contributed by atoms with Gasteiger partial charge < -0.3 is 4.57 Å². The van der Waals surface area contributed by atoms with E-state index >= 15 is 0 Å². The van der Waals surface area contributed by atoms with E-state index in [9.17, 15) is 4.79 Å². The van der Waals surface area contributed by atoms with Gasteiger partial charge in [0, 0.05) is 25.0 Å². The molecule has 0 radical (unpaired) electrons. The molecule has 0 bridgehead atoms. The first-order valence-corrected chi connectivity index (χ1v) is 5.33. The summed E-state index contributed by atoms with van der Waals surface area (Å²) in [5.74, 6) is 0.101. The summed E-state index contributed by atoms with van der Waals surface area (Å²) in [4.78, 5) is 16.0. The topological polar surface area (TPSA) is 34.9 Å². The molecule has 0 spiro atoms. The molecular weight excluding hydrogens is 247 g/mol. The molecule has 5 heteroatoms. The van der Waals surface area contributed by atoms with Gasteiger partial charge in [0.2, 0.25) is 5.78 Å². The summed E-state index contributed by atoms with van der Waals surface area (Å²) in [5, 5.41) is 0.624. The minimum absolute atomic E-state index is 0.236. The number of nitrogens with zero attached hydrogens (tertiary/aromatic N) is 2. The van der Waals surface area contributed by atoms with Crippen LogP contribution in [0.25, 0.3) is 0 Å². The van der Waals surface area contributed by atoms with E-state index in [-0.39, 0.29) is 10.8 Å². The molecule has 0 fully saturated rings. The van der Waals surface area contributed by atoms with Crippen molar-refractivity contribution in [3.63, 3.8) is 0 Å². The molecule has 0 saturated heterocycles. The van der Waals surface area contributed by atoms with E-state index in [0.717, 1.165) is 0 Å². The highest BCUT2D eigenvalue weighted by atomic mass is 35.5. The number of ketones is 1. The normalized spacial score (nSPS) is 10.4. The van der Waals surface area contributed by atoms with Crippen LogP contribution in [0.5, 0.6) is 0 Å². The maximum atomic E-state index is 12.1. The summed E-state index contributed by atoms with van der Waals surface area (Å²) >= 11 is 11.8. The van der Waals surface area contributed by atoms with Crippen molar-refractivity contribution < 1.29 is 4.79 Å². The van der Waals surface area contributed by atoms with Gasteiger partial charge in [-0.2, -0.15) is 0 Å². The van der Waals surface area contributed by atoms with Crippen LogP contribution in [-0.2, 0) is 7.05 Å². The van der Waals surface area contributed by atoms with Crippen molar-refractivity contribution in [3.8, 4) is 0 Å². The van der Waals surface area contributed by atoms with Crippen LogP contribution >= 0.6 is 23.2 Å². The highest BCUT2D eigenvalue weighted by Crippen LogP contribution is 2.26. The van der Waals surface area contributed by atoms with Crippen molar-refractivity contribution in [2.24, 2.45) is 7.05 Å². The number of aryl methyl sites for hydroxylation is 1. The second-order valence-corrected chi connectivity index (χ2v) is 4.08. The minimum Gasteiger partial charge on any atom is -0.331 e. The van der Waals surface area contributed by atoms with Gasteiger partial charge in [-0.3, -0.25) is 4.79 Å². The van der Waals surface area contributed by atoms with Gasteiger partial charge in [0.25, 0.3) is 0 Å². The predicted octanol–water partition coefficient (Wildman–Crippen LogP) is 2.96. The van der Waals surface area contributed by atoms with E-state index in [4.69, 9.17) is 23.2 Å². The molecule has 1 aromatic carbocycles. The minimum atomic E-state index is -0.236. The number of carbonyl (C=O) groups excluding carboxylic acids is 1. The van der Waals surface area contributed by atoms with E-state index in [1.807, 2.05) is 0 Å². The van der Waals surface area contributed by atoms with E-state index < -0.39 is 0 Å². The monoisotopic (exact) mass is 254 g/mol. The highest BCUT2D eigenvalue weighted by molar-refractivity contribution is 6.44. The van der Waals surface area contributed by atoms with Gasteiger partial charge in [-0.25, -0.2) is 4.98 Å². The van der Waals surface area contributed by atoms with Gasteiger partial charge in [-0.15, -0.1) is 0 Å². The molecular formula is C11H8Cl2N2O. The Labute approximate surface area is 103 Å². The van der Waals surface area contributed by atoms with Crippen LogP contribution in [0.15, 0.2) is 30.6 Å². The zero-order chi connectivity index (χ0) is 11.7. The summed E-state index contributed by atoms with van der Waals surface area (Å²) in [6.07, 6.45) is 3.26. The Kier molecular flexibility index (Phi) is 2.99. The number of carbonyl (C=O) groups is 1. The first kappa shape index (κ1) is 11.2. The molecule has 2 aromatic rings. The van der Waals surface area contributed by atoms with Crippen LogP contribution in [0.4, 0.5) is 0 Å². The SMILES string of the molecule is Cn1ccnc1C(=O)c1cccc(Cl)c1Cl. The van der Waals surface area contributed by atoms with Gasteiger partial charge in [-0.05, 0) is 12.1 Å². The smallest absolute Gasteiger partial charge is 0.229 e. The van der Waals surface area contributed by atoms with Crippen molar-refractivity contribution in [2.75, 3.05) is 0 Å². The van der Waals surface area contributed by atoms with E-state index in [1.54, 1.807) is 42.2 Å². The molecule has 1 aromatic heterocycles. The molecule has 0 aliphatic rings. The Balaban J connectivity index is 2.50. The molecule has 0 amide bonds. The lowest BCUT2D eigenvalue weighted by Gasteiger charge is -2.04. The third-order valence-corrected chi connectivity index (χ3v) is 3.04. The molecule has 82 valence electrons. The van der Waals surface area contributed by atoms with Crippen LogP contribution in [0.2, 0.25) is 10.0 Å². The first-order valence-electron chi connectivity index (χ1n) is 4.57. The predicted molar refractivity (Wildman–Crippen MR) is 63.1 cm³/mol. The Morgan fingerprint density at radius 1 is 1.38 bits per heavy atom. The van der Waals surface area contributed by atoms with Crippen molar-refractivity contribution in [2.45, 2.75) is 0 Å². The molecule has 0 saturated carbocycles. The summed E-state index contributed by atoms with van der Waals surface area (Å²) in [6.45, 7) is 0. The van der Waals surface area contributed by atoms with Crippen LogP contribution < -0.4 is 0 Å². The van der Waals surface area contributed by atoms with Crippen molar-refractivity contribution in [3.05, 3.63) is 52.0 Å². The van der Waals surface area contributed by atoms with E-state index in [2.05, 4.69) is 4.98 Å². The Morgan fingerprint density at radius 3 is 2.75 bits per heavy atom. The average molecular weight is 255 g/mol. The summed E-state index contributed by atoms with van der Waals surface area (Å²) in [5.41, 5.74) is 0.364. The largest absolute Gasteiger partial charge is 0.331 e. The molecule has 2 rings (SSSR count). The van der Waals surface area contributed by atoms with Gasteiger partial charge in [0.1, 0.15) is 0 Å². The average Bonchev–Trinajstić information content (AvgIpc) is 2.68. The van der Waals surface area contributed by atoms with Gasteiger partial charge in [0.15, 0.2) is 5.82 Å². The van der Waals surface area contributed by atoms with Crippen LogP contribution in [-0.4, -0.2) is 15.3 Å². The Morgan fingerprint density at radius 2 is 2.12 bits per heavy atom. The summed E-state index contributed by atoms with van der Waals surface area (Å²) in [7, 11) is 1.75. The molecule has 3 nitrogen and oxygen atoms in total. The second kappa shape index (κ2) is 4.28. The van der Waals surface area contributed by atoms with Crippen molar-refractivity contribution >= 4 is 29.0 Å². The lowest BCUT2D eigenvalue weighted by atomic mass is 10.1. The number of aromatic nitrogens is 2. The zero-order valence-electron chi connectivity index (χ0n) is 8.45. The standard InChI is InChI=1S/C11H8Cl2N2O/c1-15-6-5-14-11(15)10(16)7-3-2-4-8(12)9(7)13/h2-6H,1H3. The fourth-order valence-corrected chi connectivity index (χ4v) is 1.77. The number of halogens is 2. The Bertz CT molecular complexity index is 549. The van der Waals surface area contributed by atoms with Crippen LogP contribution in [0.1, 0.15) is 16.2 Å². The third kappa shape index (κ3) is 1.84. The maximum absolute atomic E-state index is 12.1. The van der Waals surface area contributed by atoms with Crippen molar-refractivity contribution in [1.82, 2.24) is 9.55 Å². The lowest BCUT2D eigenvalue weighted by molar-refractivity contribution is 0.102. The number of hydrogen-bond acceptors (Lipinski definition) is 2. The fraction of sp³-hybridized carbons (Fsp3) is 0.0909.